The number of aromatic nitrogens is 1. The highest BCUT2D eigenvalue weighted by Gasteiger charge is 2.11. The molecule has 0 aliphatic carbocycles. The number of ether oxygens (including phenoxy) is 2. The summed E-state index contributed by atoms with van der Waals surface area (Å²) < 4.78 is 11.1. The number of carbonyl (C=O) groups excluding carboxylic acids is 1. The Hall–Kier alpha value is -3.12. The SMILES string of the molecule is COc1cc(/C=C/C(=O)Nc2nc(-c3ccccc3)c(C)s2)ccc1OC(C)C. The van der Waals surface area contributed by atoms with E-state index in [0.717, 1.165) is 21.7 Å². The number of aryl methyl sites for hydroxylation is 1. The van der Waals surface area contributed by atoms with Gasteiger partial charge in [0.2, 0.25) is 5.91 Å². The lowest BCUT2D eigenvalue weighted by Crippen LogP contribution is -2.07. The van der Waals surface area contributed by atoms with Gasteiger partial charge in [0, 0.05) is 16.5 Å². The van der Waals surface area contributed by atoms with E-state index < -0.39 is 0 Å². The van der Waals surface area contributed by atoms with Crippen LogP contribution in [0.2, 0.25) is 0 Å². The van der Waals surface area contributed by atoms with Crippen LogP contribution in [0.3, 0.4) is 0 Å². The van der Waals surface area contributed by atoms with E-state index in [1.807, 2.05) is 69.3 Å². The molecule has 0 aliphatic rings. The van der Waals surface area contributed by atoms with Crippen molar-refractivity contribution >= 4 is 28.5 Å². The molecule has 1 aromatic heterocycles. The van der Waals surface area contributed by atoms with Crippen LogP contribution in [0.4, 0.5) is 5.13 Å². The van der Waals surface area contributed by atoms with Gasteiger partial charge in [0.15, 0.2) is 16.6 Å². The first kappa shape index (κ1) is 20.6. The van der Waals surface area contributed by atoms with E-state index in [2.05, 4.69) is 10.3 Å². The second-order valence-corrected chi connectivity index (χ2v) is 7.89. The lowest BCUT2D eigenvalue weighted by Gasteiger charge is -2.13. The molecule has 0 saturated carbocycles. The first-order valence-electron chi connectivity index (χ1n) is 9.33. The van der Waals surface area contributed by atoms with Gasteiger partial charge in [0.05, 0.1) is 18.9 Å². The van der Waals surface area contributed by atoms with Crippen molar-refractivity contribution in [1.82, 2.24) is 4.98 Å². The van der Waals surface area contributed by atoms with Crippen molar-refractivity contribution in [3.8, 4) is 22.8 Å². The van der Waals surface area contributed by atoms with Gasteiger partial charge >= 0.3 is 0 Å². The number of methoxy groups -OCH3 is 1. The number of benzene rings is 2. The third-order valence-corrected chi connectivity index (χ3v) is 4.94. The summed E-state index contributed by atoms with van der Waals surface area (Å²) in [5.74, 6) is 1.07. The predicted molar refractivity (Wildman–Crippen MR) is 119 cm³/mol. The molecule has 3 rings (SSSR count). The number of nitrogens with zero attached hydrogens (tertiary/aromatic N) is 1. The van der Waals surface area contributed by atoms with Gasteiger partial charge in [0.25, 0.3) is 0 Å². The average Bonchev–Trinajstić information content (AvgIpc) is 3.07. The quantitative estimate of drug-likeness (QED) is 0.520. The van der Waals surface area contributed by atoms with Crippen molar-refractivity contribution in [1.29, 1.82) is 0 Å². The van der Waals surface area contributed by atoms with Crippen molar-refractivity contribution in [2.75, 3.05) is 12.4 Å². The first-order valence-corrected chi connectivity index (χ1v) is 10.1. The van der Waals surface area contributed by atoms with Crippen LogP contribution >= 0.6 is 11.3 Å². The summed E-state index contributed by atoms with van der Waals surface area (Å²) in [6.45, 7) is 5.92. The normalized spacial score (nSPS) is 11.1. The Balaban J connectivity index is 1.69. The van der Waals surface area contributed by atoms with Crippen molar-refractivity contribution in [3.05, 3.63) is 65.0 Å². The minimum absolute atomic E-state index is 0.0543. The second-order valence-electron chi connectivity index (χ2n) is 6.69. The second kappa shape index (κ2) is 9.39. The summed E-state index contributed by atoms with van der Waals surface area (Å²) in [6, 6.07) is 15.5. The topological polar surface area (TPSA) is 60.5 Å². The fourth-order valence-electron chi connectivity index (χ4n) is 2.77. The Morgan fingerprint density at radius 1 is 1.14 bits per heavy atom. The monoisotopic (exact) mass is 408 g/mol. The van der Waals surface area contributed by atoms with Crippen molar-refractivity contribution < 1.29 is 14.3 Å². The molecule has 0 atom stereocenters. The van der Waals surface area contributed by atoms with Gasteiger partial charge in [0.1, 0.15) is 0 Å². The molecule has 6 heteroatoms. The molecular weight excluding hydrogens is 384 g/mol. The predicted octanol–water partition coefficient (Wildman–Crippen LogP) is 5.57. The van der Waals surface area contributed by atoms with Gasteiger partial charge in [-0.1, -0.05) is 36.4 Å². The Morgan fingerprint density at radius 3 is 2.59 bits per heavy atom. The molecule has 1 N–H and O–H groups in total. The van der Waals surface area contributed by atoms with Gasteiger partial charge < -0.3 is 9.47 Å². The standard InChI is InChI=1S/C23H24N2O3S/c1-15(2)28-19-12-10-17(14-20(19)27-4)11-13-21(26)24-23-25-22(16(3)29-23)18-8-6-5-7-9-18/h5-15H,1-4H3,(H,24,25,26)/b13-11+. The van der Waals surface area contributed by atoms with E-state index in [-0.39, 0.29) is 12.0 Å². The first-order chi connectivity index (χ1) is 14.0. The van der Waals surface area contributed by atoms with Crippen LogP contribution in [0.1, 0.15) is 24.3 Å². The fourth-order valence-corrected chi connectivity index (χ4v) is 3.61. The molecule has 5 nitrogen and oxygen atoms in total. The maximum atomic E-state index is 12.3. The number of nitrogens with one attached hydrogen (secondary N) is 1. The van der Waals surface area contributed by atoms with Crippen LogP contribution in [0.25, 0.3) is 17.3 Å². The van der Waals surface area contributed by atoms with Crippen molar-refractivity contribution in [3.63, 3.8) is 0 Å². The molecule has 0 aliphatic heterocycles. The lowest BCUT2D eigenvalue weighted by atomic mass is 10.1. The average molecular weight is 409 g/mol. The number of carbonyl (C=O) groups is 1. The molecule has 0 radical (unpaired) electrons. The van der Waals surface area contributed by atoms with Gasteiger partial charge in [-0.3, -0.25) is 10.1 Å². The number of thiazole rings is 1. The largest absolute Gasteiger partial charge is 0.493 e. The summed E-state index contributed by atoms with van der Waals surface area (Å²) in [6.07, 6.45) is 3.27. The van der Waals surface area contributed by atoms with Crippen LogP contribution in [0.15, 0.2) is 54.6 Å². The highest BCUT2D eigenvalue weighted by Crippen LogP contribution is 2.31. The van der Waals surface area contributed by atoms with E-state index in [1.54, 1.807) is 13.2 Å². The van der Waals surface area contributed by atoms with Gasteiger partial charge in [-0.05, 0) is 44.5 Å². The lowest BCUT2D eigenvalue weighted by molar-refractivity contribution is -0.111. The number of anilines is 1. The Kier molecular flexibility index (Phi) is 6.67. The Labute approximate surface area is 175 Å². The summed E-state index contributed by atoms with van der Waals surface area (Å²) >= 11 is 1.46. The minimum Gasteiger partial charge on any atom is -0.493 e. The Bertz CT molecular complexity index is 1010. The zero-order chi connectivity index (χ0) is 20.8. The van der Waals surface area contributed by atoms with Gasteiger partial charge in [-0.25, -0.2) is 4.98 Å². The number of hydrogen-bond donors (Lipinski definition) is 1. The van der Waals surface area contributed by atoms with Crippen molar-refractivity contribution in [2.24, 2.45) is 0 Å². The zero-order valence-electron chi connectivity index (χ0n) is 16.9. The molecule has 2 aromatic carbocycles. The maximum absolute atomic E-state index is 12.3. The smallest absolute Gasteiger partial charge is 0.250 e. The highest BCUT2D eigenvalue weighted by molar-refractivity contribution is 7.16. The molecule has 1 amide bonds. The minimum atomic E-state index is -0.236. The van der Waals surface area contributed by atoms with E-state index in [9.17, 15) is 4.79 Å². The summed E-state index contributed by atoms with van der Waals surface area (Å²) in [4.78, 5) is 17.9. The van der Waals surface area contributed by atoms with E-state index in [0.29, 0.717) is 16.6 Å². The molecule has 0 fully saturated rings. The van der Waals surface area contributed by atoms with Crippen LogP contribution in [-0.2, 0) is 4.79 Å². The summed E-state index contributed by atoms with van der Waals surface area (Å²) in [5, 5.41) is 3.41. The molecule has 29 heavy (non-hydrogen) atoms. The molecule has 1 heterocycles. The number of rotatable bonds is 7. The summed E-state index contributed by atoms with van der Waals surface area (Å²) in [7, 11) is 1.60. The summed E-state index contributed by atoms with van der Waals surface area (Å²) in [5.41, 5.74) is 2.77. The molecule has 0 saturated heterocycles. The van der Waals surface area contributed by atoms with E-state index in [1.165, 1.54) is 17.4 Å². The zero-order valence-corrected chi connectivity index (χ0v) is 17.7. The molecule has 0 bridgehead atoms. The van der Waals surface area contributed by atoms with Crippen LogP contribution < -0.4 is 14.8 Å². The molecule has 0 spiro atoms. The Morgan fingerprint density at radius 2 is 1.90 bits per heavy atom. The number of hydrogen-bond acceptors (Lipinski definition) is 5. The van der Waals surface area contributed by atoms with Crippen molar-refractivity contribution in [2.45, 2.75) is 26.9 Å². The van der Waals surface area contributed by atoms with Crippen LogP contribution in [0.5, 0.6) is 11.5 Å². The highest BCUT2D eigenvalue weighted by atomic mass is 32.1. The third kappa shape index (κ3) is 5.45. The molecule has 3 aromatic rings. The van der Waals surface area contributed by atoms with Crippen LogP contribution in [-0.4, -0.2) is 24.1 Å². The van der Waals surface area contributed by atoms with Crippen LogP contribution in [0, 0.1) is 6.92 Å². The van der Waals surface area contributed by atoms with Gasteiger partial charge in [-0.15, -0.1) is 11.3 Å². The number of amides is 1. The van der Waals surface area contributed by atoms with Gasteiger partial charge in [-0.2, -0.15) is 0 Å². The fraction of sp³-hybridized carbons (Fsp3) is 0.217. The molecular formula is C23H24N2O3S. The third-order valence-electron chi connectivity index (χ3n) is 4.05. The van der Waals surface area contributed by atoms with E-state index in [4.69, 9.17) is 9.47 Å². The molecule has 150 valence electrons. The maximum Gasteiger partial charge on any atom is 0.250 e. The van der Waals surface area contributed by atoms with E-state index >= 15 is 0 Å². The molecule has 0 unspecified atom stereocenters.